The predicted octanol–water partition coefficient (Wildman–Crippen LogP) is -0.873. The van der Waals surface area contributed by atoms with Gasteiger partial charge in [0.2, 0.25) is 6.29 Å². The molecule has 2 saturated heterocycles. The SMILES string of the molecule is COc1ccc(O[C@@H]2O[C@H](COP(O)OP(O)OP(O)OC[C@H]3O[C@@H](n4cnc5c(=N)n(C)cnc54)[C@H](O)[C@@H]3O)[C@@H](O)[C@H]2O)cc1. The van der Waals surface area contributed by atoms with Crippen LogP contribution in [0.5, 0.6) is 11.5 Å². The molecule has 254 valence electrons. The Morgan fingerprint density at radius 3 is 2.02 bits per heavy atom. The van der Waals surface area contributed by atoms with Crippen molar-refractivity contribution in [3.8, 4) is 11.5 Å². The summed E-state index contributed by atoms with van der Waals surface area (Å²) in [6.45, 7) is -0.956. The van der Waals surface area contributed by atoms with Gasteiger partial charge in [-0.25, -0.2) is 18.6 Å². The first-order valence-corrected chi connectivity index (χ1v) is 16.7. The molecule has 2 aliphatic rings. The summed E-state index contributed by atoms with van der Waals surface area (Å²) in [7, 11) is -5.42. The van der Waals surface area contributed by atoms with E-state index in [2.05, 4.69) is 9.97 Å². The fourth-order valence-electron chi connectivity index (χ4n) is 4.49. The van der Waals surface area contributed by atoms with Crippen LogP contribution in [0.1, 0.15) is 6.23 Å². The molecule has 0 saturated carbocycles. The van der Waals surface area contributed by atoms with E-state index >= 15 is 0 Å². The number of imidazole rings is 1. The van der Waals surface area contributed by atoms with E-state index in [1.807, 2.05) is 0 Å². The van der Waals surface area contributed by atoms with Gasteiger partial charge in [0.05, 0.1) is 33.0 Å². The van der Waals surface area contributed by atoms with E-state index in [1.165, 1.54) is 28.9 Å². The number of hydrogen-bond acceptors (Lipinski definition) is 18. The van der Waals surface area contributed by atoms with Crippen molar-refractivity contribution in [3.05, 3.63) is 42.4 Å². The minimum absolute atomic E-state index is 0.0756. The second kappa shape index (κ2) is 15.4. The molecule has 3 unspecified atom stereocenters. The lowest BCUT2D eigenvalue weighted by atomic mass is 10.1. The summed E-state index contributed by atoms with van der Waals surface area (Å²) in [6.07, 6.45) is -7.75. The molecule has 2 aliphatic heterocycles. The van der Waals surface area contributed by atoms with Gasteiger partial charge in [-0.3, -0.25) is 9.98 Å². The standard InChI is InChI=1S/C23H32N5O15P3/c1-27-9-26-21-15(20(27)24)25-10-28(21)22-18(31)16(29)13(40-22)7-37-44(33)42-46(35)43-45(34)38-8-14-17(30)19(32)23(41-14)39-12-5-3-11(36-2)4-6-12/h3-6,9-10,13-14,16-19,22-24,29-35H,7-8H2,1-2H3/t13-,14-,16-,17-,18-,19-,22-,23-,44?,45?,46?/m1/s1. The number of benzene rings is 1. The second-order valence-electron chi connectivity index (χ2n) is 9.86. The van der Waals surface area contributed by atoms with E-state index in [4.69, 9.17) is 42.0 Å². The van der Waals surface area contributed by atoms with Crippen molar-refractivity contribution >= 4 is 37.0 Å². The average molecular weight is 711 g/mol. The number of nitrogens with zero attached hydrogens (tertiary/aromatic N) is 4. The fourth-order valence-corrected chi connectivity index (χ4v) is 6.76. The van der Waals surface area contributed by atoms with Crippen LogP contribution in [0.3, 0.4) is 0 Å². The van der Waals surface area contributed by atoms with Crippen LogP contribution in [-0.2, 0) is 34.2 Å². The molecular weight excluding hydrogens is 679 g/mol. The van der Waals surface area contributed by atoms with E-state index in [0.717, 1.165) is 0 Å². The molecule has 46 heavy (non-hydrogen) atoms. The molecular formula is C23H32N5O15P3. The summed E-state index contributed by atoms with van der Waals surface area (Å²) in [5.74, 6) is 0.924. The fraction of sp³-hybridized carbons (Fsp3) is 0.522. The maximum atomic E-state index is 10.6. The van der Waals surface area contributed by atoms with Crippen molar-refractivity contribution in [2.45, 2.75) is 49.1 Å². The summed E-state index contributed by atoms with van der Waals surface area (Å²) in [5, 5.41) is 49.7. The Morgan fingerprint density at radius 1 is 0.804 bits per heavy atom. The third-order valence-electron chi connectivity index (χ3n) is 6.92. The van der Waals surface area contributed by atoms with Crippen molar-refractivity contribution in [2.24, 2.45) is 7.05 Å². The molecule has 0 radical (unpaired) electrons. The summed E-state index contributed by atoms with van der Waals surface area (Å²) in [4.78, 5) is 38.4. The Balaban J connectivity index is 1.04. The van der Waals surface area contributed by atoms with Gasteiger partial charge in [0.25, 0.3) is 0 Å². The molecule has 2 aromatic heterocycles. The zero-order valence-electron chi connectivity index (χ0n) is 24.0. The van der Waals surface area contributed by atoms with Crippen molar-refractivity contribution in [1.82, 2.24) is 19.1 Å². The molecule has 20 nitrogen and oxygen atoms in total. The molecule has 5 rings (SSSR count). The summed E-state index contributed by atoms with van der Waals surface area (Å²) in [6, 6.07) is 6.42. The van der Waals surface area contributed by atoms with Crippen molar-refractivity contribution in [3.63, 3.8) is 0 Å². The van der Waals surface area contributed by atoms with Crippen LogP contribution < -0.4 is 15.0 Å². The maximum Gasteiger partial charge on any atom is 0.344 e. The highest BCUT2D eigenvalue weighted by molar-refractivity contribution is 7.60. The molecule has 2 fully saturated rings. The largest absolute Gasteiger partial charge is 0.497 e. The Hall–Kier alpha value is -2.06. The molecule has 0 amide bonds. The molecule has 4 heterocycles. The first kappa shape index (κ1) is 35.3. The van der Waals surface area contributed by atoms with Gasteiger partial charge in [-0.2, -0.15) is 0 Å². The van der Waals surface area contributed by atoms with Crippen LogP contribution in [0.15, 0.2) is 36.9 Å². The summed E-state index contributed by atoms with van der Waals surface area (Å²) in [5.41, 5.74) is 0.567. The Kier molecular flexibility index (Phi) is 11.8. The van der Waals surface area contributed by atoms with Gasteiger partial charge in [0.1, 0.15) is 53.6 Å². The molecule has 8 N–H and O–H groups in total. The van der Waals surface area contributed by atoms with E-state index in [9.17, 15) is 35.1 Å². The molecule has 11 atom stereocenters. The zero-order chi connectivity index (χ0) is 33.1. The predicted molar refractivity (Wildman–Crippen MR) is 154 cm³/mol. The molecule has 3 aromatic rings. The van der Waals surface area contributed by atoms with E-state index in [-0.39, 0.29) is 16.7 Å². The number of aromatic nitrogens is 4. The van der Waals surface area contributed by atoms with E-state index in [1.54, 1.807) is 31.3 Å². The minimum Gasteiger partial charge on any atom is -0.497 e. The van der Waals surface area contributed by atoms with Gasteiger partial charge in [-0.15, -0.1) is 0 Å². The molecule has 0 aliphatic carbocycles. The number of hydrogen-bond donors (Lipinski definition) is 8. The lowest BCUT2D eigenvalue weighted by Gasteiger charge is -2.20. The molecule has 0 bridgehead atoms. The van der Waals surface area contributed by atoms with Crippen molar-refractivity contribution < 1.29 is 71.7 Å². The molecule has 1 aromatic carbocycles. The van der Waals surface area contributed by atoms with Gasteiger partial charge in [-0.05, 0) is 24.3 Å². The lowest BCUT2D eigenvalue weighted by molar-refractivity contribution is -0.115. The van der Waals surface area contributed by atoms with Crippen LogP contribution in [0.2, 0.25) is 0 Å². The van der Waals surface area contributed by atoms with Crippen molar-refractivity contribution in [1.29, 1.82) is 5.41 Å². The Labute approximate surface area is 263 Å². The number of aryl methyl sites for hydroxylation is 1. The number of ether oxygens (including phenoxy) is 4. The number of aliphatic hydroxyl groups is 4. The van der Waals surface area contributed by atoms with Gasteiger partial charge in [0, 0.05) is 7.05 Å². The lowest BCUT2D eigenvalue weighted by Crippen LogP contribution is -2.35. The first-order chi connectivity index (χ1) is 22.0. The Bertz CT molecular complexity index is 1500. The van der Waals surface area contributed by atoms with Crippen LogP contribution in [0.25, 0.3) is 11.2 Å². The van der Waals surface area contributed by atoms with Crippen LogP contribution >= 0.6 is 25.8 Å². The number of rotatable bonds is 14. The zero-order valence-corrected chi connectivity index (χ0v) is 26.7. The quantitative estimate of drug-likeness (QED) is 0.0944. The average Bonchev–Trinajstić information content (AvgIpc) is 3.67. The highest BCUT2D eigenvalue weighted by atomic mass is 31.3. The number of nitrogens with one attached hydrogen (secondary N) is 1. The smallest absolute Gasteiger partial charge is 0.344 e. The van der Waals surface area contributed by atoms with E-state index in [0.29, 0.717) is 11.5 Å². The summed E-state index contributed by atoms with van der Waals surface area (Å²) >= 11 is 0. The highest BCUT2D eigenvalue weighted by Gasteiger charge is 2.46. The highest BCUT2D eigenvalue weighted by Crippen LogP contribution is 2.57. The van der Waals surface area contributed by atoms with Gasteiger partial charge in [-0.1, -0.05) is 0 Å². The molecule has 23 heteroatoms. The van der Waals surface area contributed by atoms with Crippen molar-refractivity contribution in [2.75, 3.05) is 20.3 Å². The van der Waals surface area contributed by atoms with Gasteiger partial charge >= 0.3 is 25.8 Å². The van der Waals surface area contributed by atoms with E-state index < -0.39 is 88.2 Å². The van der Waals surface area contributed by atoms with Crippen LogP contribution in [-0.4, -0.2) is 117 Å². The number of methoxy groups -OCH3 is 1. The second-order valence-corrected chi connectivity index (χ2v) is 13.1. The third kappa shape index (κ3) is 7.97. The molecule has 0 spiro atoms. The van der Waals surface area contributed by atoms with Gasteiger partial charge < -0.3 is 67.7 Å². The maximum absolute atomic E-state index is 10.6. The number of aliphatic hydroxyl groups excluding tert-OH is 4. The first-order valence-electron chi connectivity index (χ1n) is 13.3. The normalized spacial score (nSPS) is 30.0. The van der Waals surface area contributed by atoms with Crippen LogP contribution in [0.4, 0.5) is 0 Å². The topological polar surface area (TPSA) is 275 Å². The monoisotopic (exact) mass is 711 g/mol. The minimum atomic E-state index is -2.93. The third-order valence-corrected chi connectivity index (χ3v) is 9.89. The Morgan fingerprint density at radius 2 is 1.39 bits per heavy atom. The van der Waals surface area contributed by atoms with Crippen LogP contribution in [0, 0.1) is 5.41 Å². The van der Waals surface area contributed by atoms with Gasteiger partial charge in [0.15, 0.2) is 17.4 Å². The number of fused-ring (bicyclic) bond motifs is 1. The summed E-state index contributed by atoms with van der Waals surface area (Å²) < 4.78 is 44.4.